The van der Waals surface area contributed by atoms with Crippen LogP contribution in [0.4, 0.5) is 10.2 Å². The zero-order chi connectivity index (χ0) is 12.1. The van der Waals surface area contributed by atoms with E-state index in [1.54, 1.807) is 30.1 Å². The van der Waals surface area contributed by atoms with Crippen molar-refractivity contribution in [1.82, 2.24) is 9.97 Å². The summed E-state index contributed by atoms with van der Waals surface area (Å²) in [5.41, 5.74) is 0. The van der Waals surface area contributed by atoms with E-state index in [9.17, 15) is 4.39 Å². The van der Waals surface area contributed by atoms with Gasteiger partial charge in [0.2, 0.25) is 0 Å². The predicted octanol–water partition coefficient (Wildman–Crippen LogP) is 2.95. The Morgan fingerprint density at radius 2 is 2.00 bits per heavy atom. The number of benzene rings is 1. The van der Waals surface area contributed by atoms with Gasteiger partial charge in [0, 0.05) is 18.1 Å². The van der Waals surface area contributed by atoms with E-state index in [2.05, 4.69) is 15.3 Å². The summed E-state index contributed by atoms with van der Waals surface area (Å²) in [6.07, 6.45) is 1.72. The Hall–Kier alpha value is -1.62. The molecule has 1 heterocycles. The first kappa shape index (κ1) is 11.9. The largest absolute Gasteiger partial charge is 0.373 e. The predicted molar refractivity (Wildman–Crippen MR) is 67.5 cm³/mol. The number of nitrogens with one attached hydrogen (secondary N) is 1. The third-order valence-electron chi connectivity index (χ3n) is 2.14. The summed E-state index contributed by atoms with van der Waals surface area (Å²) in [5.74, 6) is 2.00. The quantitative estimate of drug-likeness (QED) is 0.845. The first-order valence-electron chi connectivity index (χ1n) is 5.16. The van der Waals surface area contributed by atoms with Crippen molar-refractivity contribution in [3.05, 3.63) is 48.2 Å². The highest BCUT2D eigenvalue weighted by atomic mass is 32.2. The second-order valence-electron chi connectivity index (χ2n) is 3.35. The highest BCUT2D eigenvalue weighted by molar-refractivity contribution is 7.98. The van der Waals surface area contributed by atoms with Gasteiger partial charge < -0.3 is 5.32 Å². The van der Waals surface area contributed by atoms with Gasteiger partial charge in [-0.15, -0.1) is 11.8 Å². The molecule has 0 aliphatic heterocycles. The summed E-state index contributed by atoms with van der Waals surface area (Å²) in [6.45, 7) is 0. The number of halogens is 1. The molecule has 1 aromatic heterocycles. The maximum absolute atomic E-state index is 12.7. The molecule has 5 heteroatoms. The zero-order valence-corrected chi connectivity index (χ0v) is 10.2. The second-order valence-corrected chi connectivity index (χ2v) is 4.40. The molecule has 0 saturated heterocycles. The molecule has 0 unspecified atom stereocenters. The lowest BCUT2D eigenvalue weighted by Gasteiger charge is -2.03. The molecule has 1 aromatic carbocycles. The Morgan fingerprint density at radius 1 is 1.24 bits per heavy atom. The summed E-state index contributed by atoms with van der Waals surface area (Å²) >= 11 is 1.58. The van der Waals surface area contributed by atoms with Crippen molar-refractivity contribution in [3.8, 4) is 0 Å². The summed E-state index contributed by atoms with van der Waals surface area (Å²) in [5, 5.41) is 2.96. The van der Waals surface area contributed by atoms with E-state index in [1.165, 1.54) is 12.1 Å². The molecule has 0 radical (unpaired) electrons. The van der Waals surface area contributed by atoms with Gasteiger partial charge in [-0.05, 0) is 30.3 Å². The van der Waals surface area contributed by atoms with Crippen molar-refractivity contribution in [3.63, 3.8) is 0 Å². The molecule has 3 nitrogen and oxygen atoms in total. The third kappa shape index (κ3) is 3.42. The summed E-state index contributed by atoms with van der Waals surface area (Å²) in [6, 6.07) is 8.22. The van der Waals surface area contributed by atoms with Gasteiger partial charge in [0.15, 0.2) is 0 Å². The van der Waals surface area contributed by atoms with Crippen LogP contribution in [0.3, 0.4) is 0 Å². The van der Waals surface area contributed by atoms with Crippen LogP contribution < -0.4 is 5.32 Å². The van der Waals surface area contributed by atoms with E-state index >= 15 is 0 Å². The van der Waals surface area contributed by atoms with Gasteiger partial charge in [-0.1, -0.05) is 0 Å². The van der Waals surface area contributed by atoms with E-state index in [1.807, 2.05) is 13.1 Å². The molecule has 0 aliphatic rings. The van der Waals surface area contributed by atoms with Crippen LogP contribution in [0, 0.1) is 5.82 Å². The van der Waals surface area contributed by atoms with Crippen molar-refractivity contribution in [2.45, 2.75) is 10.6 Å². The SMILES string of the molecule is CNc1ccnc(CSc2ccc(F)cc2)n1. The van der Waals surface area contributed by atoms with Crippen LogP contribution in [-0.4, -0.2) is 17.0 Å². The van der Waals surface area contributed by atoms with Crippen molar-refractivity contribution >= 4 is 17.6 Å². The Bertz CT molecular complexity index is 487. The third-order valence-corrected chi connectivity index (χ3v) is 3.15. The van der Waals surface area contributed by atoms with Crippen LogP contribution >= 0.6 is 11.8 Å². The minimum absolute atomic E-state index is 0.220. The molecule has 2 aromatic rings. The van der Waals surface area contributed by atoms with Crippen LogP contribution in [-0.2, 0) is 5.75 Å². The number of nitrogens with zero attached hydrogens (tertiary/aromatic N) is 2. The van der Waals surface area contributed by atoms with Crippen molar-refractivity contribution in [1.29, 1.82) is 0 Å². The van der Waals surface area contributed by atoms with E-state index in [-0.39, 0.29) is 5.82 Å². The van der Waals surface area contributed by atoms with Gasteiger partial charge in [0.1, 0.15) is 17.5 Å². The van der Waals surface area contributed by atoms with Gasteiger partial charge in [0.05, 0.1) is 5.75 Å². The van der Waals surface area contributed by atoms with Crippen LogP contribution in [0.15, 0.2) is 41.4 Å². The van der Waals surface area contributed by atoms with Crippen LogP contribution in [0.2, 0.25) is 0 Å². The first-order chi connectivity index (χ1) is 8.28. The van der Waals surface area contributed by atoms with Gasteiger partial charge in [-0.3, -0.25) is 0 Å². The van der Waals surface area contributed by atoms with Crippen LogP contribution in [0.5, 0.6) is 0 Å². The molecule has 1 N–H and O–H groups in total. The summed E-state index contributed by atoms with van der Waals surface area (Å²) < 4.78 is 12.7. The number of aromatic nitrogens is 2. The number of thioether (sulfide) groups is 1. The Labute approximate surface area is 103 Å². The van der Waals surface area contributed by atoms with E-state index in [4.69, 9.17) is 0 Å². The molecule has 2 rings (SSSR count). The Balaban J connectivity index is 1.99. The van der Waals surface area contributed by atoms with Gasteiger partial charge >= 0.3 is 0 Å². The lowest BCUT2D eigenvalue weighted by Crippen LogP contribution is -1.97. The van der Waals surface area contributed by atoms with E-state index in [0.29, 0.717) is 5.75 Å². The van der Waals surface area contributed by atoms with Gasteiger partial charge in [-0.2, -0.15) is 0 Å². The molecule has 0 aliphatic carbocycles. The van der Waals surface area contributed by atoms with Gasteiger partial charge in [-0.25, -0.2) is 14.4 Å². The van der Waals surface area contributed by atoms with Gasteiger partial charge in [0.25, 0.3) is 0 Å². The average molecular weight is 249 g/mol. The zero-order valence-electron chi connectivity index (χ0n) is 9.35. The molecule has 0 amide bonds. The first-order valence-corrected chi connectivity index (χ1v) is 6.14. The molecule has 88 valence electrons. The standard InChI is InChI=1S/C12H12FN3S/c1-14-11-6-7-15-12(16-11)8-17-10-4-2-9(13)3-5-10/h2-7H,8H2,1H3,(H,14,15,16). The topological polar surface area (TPSA) is 37.8 Å². The minimum Gasteiger partial charge on any atom is -0.373 e. The second kappa shape index (κ2) is 5.63. The lowest BCUT2D eigenvalue weighted by atomic mass is 10.4. The molecule has 0 saturated carbocycles. The van der Waals surface area contributed by atoms with Crippen LogP contribution in [0.1, 0.15) is 5.82 Å². The number of anilines is 1. The smallest absolute Gasteiger partial charge is 0.140 e. The van der Waals surface area contributed by atoms with Crippen molar-refractivity contribution in [2.24, 2.45) is 0 Å². The molecule has 0 atom stereocenters. The summed E-state index contributed by atoms with van der Waals surface area (Å²) in [4.78, 5) is 9.49. The Morgan fingerprint density at radius 3 is 2.71 bits per heavy atom. The normalized spacial score (nSPS) is 10.2. The fourth-order valence-electron chi connectivity index (χ4n) is 1.29. The molecule has 0 bridgehead atoms. The van der Waals surface area contributed by atoms with Crippen molar-refractivity contribution in [2.75, 3.05) is 12.4 Å². The lowest BCUT2D eigenvalue weighted by molar-refractivity contribution is 0.626. The van der Waals surface area contributed by atoms with E-state index < -0.39 is 0 Å². The van der Waals surface area contributed by atoms with E-state index in [0.717, 1.165) is 16.5 Å². The molecular formula is C12H12FN3S. The van der Waals surface area contributed by atoms with Crippen molar-refractivity contribution < 1.29 is 4.39 Å². The molecule has 0 spiro atoms. The highest BCUT2D eigenvalue weighted by Gasteiger charge is 2.00. The fraction of sp³-hybridized carbons (Fsp3) is 0.167. The average Bonchev–Trinajstić information content (AvgIpc) is 2.38. The summed E-state index contributed by atoms with van der Waals surface area (Å²) in [7, 11) is 1.82. The monoisotopic (exact) mass is 249 g/mol. The maximum Gasteiger partial charge on any atom is 0.140 e. The number of hydrogen-bond donors (Lipinski definition) is 1. The Kier molecular flexibility index (Phi) is 3.93. The minimum atomic E-state index is -0.220. The fourth-order valence-corrected chi connectivity index (χ4v) is 2.05. The van der Waals surface area contributed by atoms with Crippen LogP contribution in [0.25, 0.3) is 0 Å². The highest BCUT2D eigenvalue weighted by Crippen LogP contribution is 2.21. The number of hydrogen-bond acceptors (Lipinski definition) is 4. The maximum atomic E-state index is 12.7. The molecule has 17 heavy (non-hydrogen) atoms. The number of rotatable bonds is 4. The molecular weight excluding hydrogens is 237 g/mol. The molecule has 0 fully saturated rings.